The third-order valence-corrected chi connectivity index (χ3v) is 6.34. The van der Waals surface area contributed by atoms with Crippen molar-refractivity contribution in [2.24, 2.45) is 5.73 Å². The number of benzene rings is 1. The van der Waals surface area contributed by atoms with E-state index in [-0.39, 0.29) is 36.8 Å². The molecule has 1 aromatic heterocycles. The first kappa shape index (κ1) is 25.9. The molecule has 7 heteroatoms. The van der Waals surface area contributed by atoms with Gasteiger partial charge in [-0.2, -0.15) is 0 Å². The predicted molar refractivity (Wildman–Crippen MR) is 127 cm³/mol. The minimum Gasteiger partial charge on any atom is -0.354 e. The Morgan fingerprint density at radius 3 is 2.62 bits per heavy atom. The summed E-state index contributed by atoms with van der Waals surface area (Å²) < 4.78 is 0. The van der Waals surface area contributed by atoms with Crippen LogP contribution in [0.1, 0.15) is 54.1 Å². The molecule has 1 amide bonds. The second-order valence-electron chi connectivity index (χ2n) is 7.27. The number of halogens is 2. The number of hydrogen-bond donors (Lipinski definition) is 2. The zero-order chi connectivity index (χ0) is 18.9. The molecule has 3 rings (SSSR count). The van der Waals surface area contributed by atoms with Crippen molar-refractivity contribution < 1.29 is 4.79 Å². The number of carbonyl (C=O) groups excluding carboxylic acids is 1. The molecular weight excluding hydrogens is 425 g/mol. The number of nitrogens with two attached hydrogens (primary N) is 1. The van der Waals surface area contributed by atoms with Crippen LogP contribution in [0.2, 0.25) is 0 Å². The summed E-state index contributed by atoms with van der Waals surface area (Å²) in [4.78, 5) is 16.3. The zero-order valence-corrected chi connectivity index (χ0v) is 19.3. The maximum absolute atomic E-state index is 12.3. The Hall–Kier alpha value is -1.11. The van der Waals surface area contributed by atoms with E-state index in [9.17, 15) is 4.79 Å². The Morgan fingerprint density at radius 2 is 1.86 bits per heavy atom. The van der Waals surface area contributed by atoms with Gasteiger partial charge in [-0.05, 0) is 48.4 Å². The SMILES string of the molecule is Cl.Cl.NCCCCCCC(=O)NCC(c1ccccc1)N1CCc2sccc2C1. The summed E-state index contributed by atoms with van der Waals surface area (Å²) in [6.45, 7) is 3.42. The van der Waals surface area contributed by atoms with Crippen LogP contribution < -0.4 is 11.1 Å². The summed E-state index contributed by atoms with van der Waals surface area (Å²) >= 11 is 1.86. The lowest BCUT2D eigenvalue weighted by atomic mass is 10.0. The highest BCUT2D eigenvalue weighted by Gasteiger charge is 2.25. The summed E-state index contributed by atoms with van der Waals surface area (Å²) in [5.41, 5.74) is 8.24. The standard InChI is InChI=1S/C22H31N3OS.2ClH/c23-13-7-2-1-6-10-22(26)24-16-20(18-8-4-3-5-9-18)25-14-11-21-19(17-25)12-15-27-21;;/h3-5,8-9,12,15,20H,1-2,6-7,10-11,13-14,16-17,23H2,(H,24,26);2*1H. The van der Waals surface area contributed by atoms with Gasteiger partial charge in [-0.3, -0.25) is 9.69 Å². The zero-order valence-electron chi connectivity index (χ0n) is 16.8. The van der Waals surface area contributed by atoms with Gasteiger partial charge in [0, 0.05) is 30.9 Å². The molecule has 1 unspecified atom stereocenters. The lowest BCUT2D eigenvalue weighted by Crippen LogP contribution is -2.40. The first-order valence-electron chi connectivity index (χ1n) is 10.1. The van der Waals surface area contributed by atoms with Crippen LogP contribution >= 0.6 is 36.2 Å². The smallest absolute Gasteiger partial charge is 0.220 e. The summed E-state index contributed by atoms with van der Waals surface area (Å²) in [5.74, 6) is 0.164. The Morgan fingerprint density at radius 1 is 1.10 bits per heavy atom. The number of hydrogen-bond acceptors (Lipinski definition) is 4. The van der Waals surface area contributed by atoms with E-state index in [0.717, 1.165) is 51.7 Å². The molecule has 0 fully saturated rings. The molecule has 3 N–H and O–H groups in total. The van der Waals surface area contributed by atoms with Crippen LogP contribution in [0, 0.1) is 0 Å². The van der Waals surface area contributed by atoms with Crippen molar-refractivity contribution in [1.29, 1.82) is 0 Å². The molecule has 1 aromatic carbocycles. The summed E-state index contributed by atoms with van der Waals surface area (Å²) in [6.07, 6.45) is 5.92. The second-order valence-corrected chi connectivity index (χ2v) is 8.27. The maximum Gasteiger partial charge on any atom is 0.220 e. The fraction of sp³-hybridized carbons (Fsp3) is 0.500. The van der Waals surface area contributed by atoms with Gasteiger partial charge in [0.1, 0.15) is 0 Å². The average molecular weight is 458 g/mol. The van der Waals surface area contributed by atoms with Crippen LogP contribution in [0.5, 0.6) is 0 Å². The van der Waals surface area contributed by atoms with Gasteiger partial charge >= 0.3 is 0 Å². The molecule has 2 aromatic rings. The minimum atomic E-state index is 0. The first-order valence-corrected chi connectivity index (χ1v) is 11.0. The van der Waals surface area contributed by atoms with Crippen LogP contribution in [0.3, 0.4) is 0 Å². The molecule has 2 heterocycles. The van der Waals surface area contributed by atoms with Crippen LogP contribution in [0.15, 0.2) is 41.8 Å². The largest absolute Gasteiger partial charge is 0.354 e. The molecule has 1 aliphatic heterocycles. The summed E-state index contributed by atoms with van der Waals surface area (Å²) in [6, 6.07) is 13.0. The van der Waals surface area contributed by atoms with E-state index >= 15 is 0 Å². The Kier molecular flexibility index (Phi) is 12.5. The van der Waals surface area contributed by atoms with Crippen molar-refractivity contribution in [3.8, 4) is 0 Å². The second kappa shape index (κ2) is 14.0. The monoisotopic (exact) mass is 457 g/mol. The minimum absolute atomic E-state index is 0. The Bertz CT molecular complexity index is 711. The van der Waals surface area contributed by atoms with Gasteiger partial charge in [-0.25, -0.2) is 0 Å². The van der Waals surface area contributed by atoms with Gasteiger partial charge in [-0.1, -0.05) is 43.2 Å². The van der Waals surface area contributed by atoms with Crippen LogP contribution in [-0.4, -0.2) is 30.4 Å². The molecule has 0 saturated heterocycles. The van der Waals surface area contributed by atoms with Crippen molar-refractivity contribution >= 4 is 42.1 Å². The third-order valence-electron chi connectivity index (χ3n) is 5.31. The lowest BCUT2D eigenvalue weighted by Gasteiger charge is -2.35. The Labute approximate surface area is 191 Å². The maximum atomic E-state index is 12.3. The number of thiophene rings is 1. The van der Waals surface area contributed by atoms with E-state index in [0.29, 0.717) is 13.0 Å². The number of rotatable bonds is 10. The van der Waals surface area contributed by atoms with Crippen LogP contribution in [-0.2, 0) is 17.8 Å². The molecule has 0 aliphatic carbocycles. The lowest BCUT2D eigenvalue weighted by molar-refractivity contribution is -0.121. The molecule has 29 heavy (non-hydrogen) atoms. The fourth-order valence-electron chi connectivity index (χ4n) is 3.75. The van der Waals surface area contributed by atoms with Gasteiger partial charge in [0.25, 0.3) is 0 Å². The molecular formula is C22H33Cl2N3OS. The van der Waals surface area contributed by atoms with E-state index in [1.54, 1.807) is 0 Å². The fourth-order valence-corrected chi connectivity index (χ4v) is 4.64. The van der Waals surface area contributed by atoms with Gasteiger partial charge in [-0.15, -0.1) is 36.2 Å². The van der Waals surface area contributed by atoms with Gasteiger partial charge in [0.05, 0.1) is 6.04 Å². The molecule has 1 atom stereocenters. The van der Waals surface area contributed by atoms with Crippen molar-refractivity contribution in [2.75, 3.05) is 19.6 Å². The van der Waals surface area contributed by atoms with Crippen molar-refractivity contribution in [2.45, 2.75) is 51.1 Å². The van der Waals surface area contributed by atoms with E-state index in [1.165, 1.54) is 16.0 Å². The third kappa shape index (κ3) is 7.91. The molecule has 0 saturated carbocycles. The molecule has 162 valence electrons. The topological polar surface area (TPSA) is 58.4 Å². The number of nitrogens with one attached hydrogen (secondary N) is 1. The highest BCUT2D eigenvalue weighted by Crippen LogP contribution is 2.30. The van der Waals surface area contributed by atoms with Crippen LogP contribution in [0.4, 0.5) is 0 Å². The molecule has 0 bridgehead atoms. The van der Waals surface area contributed by atoms with E-state index < -0.39 is 0 Å². The average Bonchev–Trinajstić information content (AvgIpc) is 3.17. The predicted octanol–water partition coefficient (Wildman–Crippen LogP) is 4.72. The summed E-state index contributed by atoms with van der Waals surface area (Å²) in [7, 11) is 0. The van der Waals surface area contributed by atoms with Crippen LogP contribution in [0.25, 0.3) is 0 Å². The number of amides is 1. The number of carbonyl (C=O) groups is 1. The Balaban J connectivity index is 0.00000210. The number of fused-ring (bicyclic) bond motifs is 1. The van der Waals surface area contributed by atoms with E-state index in [1.807, 2.05) is 17.4 Å². The normalized spacial score (nSPS) is 14.2. The van der Waals surface area contributed by atoms with Crippen molar-refractivity contribution in [3.63, 3.8) is 0 Å². The molecule has 4 nitrogen and oxygen atoms in total. The highest BCUT2D eigenvalue weighted by atomic mass is 35.5. The quantitative estimate of drug-likeness (QED) is 0.507. The number of nitrogens with zero attached hydrogens (tertiary/aromatic N) is 1. The van der Waals surface area contributed by atoms with Crippen molar-refractivity contribution in [1.82, 2.24) is 10.2 Å². The molecule has 0 spiro atoms. The van der Waals surface area contributed by atoms with Crippen molar-refractivity contribution in [3.05, 3.63) is 57.8 Å². The summed E-state index contributed by atoms with van der Waals surface area (Å²) in [5, 5.41) is 5.38. The van der Waals surface area contributed by atoms with Gasteiger partial charge in [0.15, 0.2) is 0 Å². The molecule has 0 radical (unpaired) electrons. The van der Waals surface area contributed by atoms with E-state index in [2.05, 4.69) is 45.9 Å². The van der Waals surface area contributed by atoms with Gasteiger partial charge in [0.2, 0.25) is 5.91 Å². The first-order chi connectivity index (χ1) is 13.3. The highest BCUT2D eigenvalue weighted by molar-refractivity contribution is 7.10. The van der Waals surface area contributed by atoms with E-state index in [4.69, 9.17) is 5.73 Å². The molecule has 1 aliphatic rings. The van der Waals surface area contributed by atoms with Gasteiger partial charge < -0.3 is 11.1 Å². The number of unbranched alkanes of at least 4 members (excludes halogenated alkanes) is 3.